The van der Waals surface area contributed by atoms with E-state index in [4.69, 9.17) is 11.0 Å². The number of rotatable bonds is 2. The van der Waals surface area contributed by atoms with Crippen molar-refractivity contribution in [2.24, 2.45) is 5.73 Å². The highest BCUT2D eigenvalue weighted by Gasteiger charge is 2.11. The van der Waals surface area contributed by atoms with Gasteiger partial charge in [-0.2, -0.15) is 5.26 Å². The third-order valence-electron chi connectivity index (χ3n) is 1.69. The van der Waals surface area contributed by atoms with Gasteiger partial charge in [0.25, 0.3) is 0 Å². The van der Waals surface area contributed by atoms with Crippen molar-refractivity contribution in [2.45, 2.75) is 12.5 Å². The van der Waals surface area contributed by atoms with Crippen LogP contribution in [0.1, 0.15) is 18.0 Å². The molecule has 0 bridgehead atoms. The van der Waals surface area contributed by atoms with Crippen LogP contribution < -0.4 is 5.73 Å². The van der Waals surface area contributed by atoms with Crippen LogP contribution in [-0.2, 0) is 0 Å². The van der Waals surface area contributed by atoms with Crippen LogP contribution in [0, 0.1) is 20.7 Å². The van der Waals surface area contributed by atoms with Gasteiger partial charge >= 0.3 is 0 Å². The lowest BCUT2D eigenvalue weighted by atomic mass is 10.1. The Bertz CT molecular complexity index is 346. The van der Waals surface area contributed by atoms with E-state index in [2.05, 4.69) is 0 Å². The molecule has 0 spiro atoms. The molecule has 0 radical (unpaired) electrons. The molecule has 0 aromatic heterocycles. The fourth-order valence-electron chi connectivity index (χ4n) is 1.02. The summed E-state index contributed by atoms with van der Waals surface area (Å²) in [5, 5.41) is 8.43. The molecular weight excluding hydrogens is 282 g/mol. The quantitative estimate of drug-likeness (QED) is 0.850. The minimum Gasteiger partial charge on any atom is -0.323 e. The molecule has 0 saturated carbocycles. The summed E-state index contributed by atoms with van der Waals surface area (Å²) < 4.78 is 13.5. The van der Waals surface area contributed by atoms with Crippen LogP contribution in [0.25, 0.3) is 0 Å². The topological polar surface area (TPSA) is 49.8 Å². The van der Waals surface area contributed by atoms with Crippen molar-refractivity contribution in [3.63, 3.8) is 0 Å². The molecule has 0 amide bonds. The zero-order chi connectivity index (χ0) is 9.84. The van der Waals surface area contributed by atoms with Crippen molar-refractivity contribution in [1.82, 2.24) is 0 Å². The number of benzene rings is 1. The standard InChI is InChI=1S/C9H8FIN2/c10-7-3-1-2-6(9(7)11)8(13)4-5-12/h1-3,8H,4,13H2. The second kappa shape index (κ2) is 4.53. The van der Waals surface area contributed by atoms with E-state index in [9.17, 15) is 4.39 Å². The Labute approximate surface area is 89.7 Å². The van der Waals surface area contributed by atoms with Crippen LogP contribution in [-0.4, -0.2) is 0 Å². The molecule has 2 N–H and O–H groups in total. The summed E-state index contributed by atoms with van der Waals surface area (Å²) in [5.41, 5.74) is 6.38. The highest BCUT2D eigenvalue weighted by molar-refractivity contribution is 14.1. The molecule has 0 aliphatic heterocycles. The molecule has 4 heteroatoms. The fraction of sp³-hybridized carbons (Fsp3) is 0.222. The lowest BCUT2D eigenvalue weighted by molar-refractivity contribution is 0.611. The van der Waals surface area contributed by atoms with Gasteiger partial charge in [0.05, 0.1) is 16.1 Å². The van der Waals surface area contributed by atoms with Gasteiger partial charge in [-0.3, -0.25) is 0 Å². The molecule has 0 fully saturated rings. The summed E-state index contributed by atoms with van der Waals surface area (Å²) in [6.07, 6.45) is 0.208. The van der Waals surface area contributed by atoms with Crippen LogP contribution in [0.2, 0.25) is 0 Å². The zero-order valence-corrected chi connectivity index (χ0v) is 8.95. The summed E-state index contributed by atoms with van der Waals surface area (Å²) >= 11 is 1.90. The minimum absolute atomic E-state index is 0.208. The third-order valence-corrected chi connectivity index (χ3v) is 2.83. The van der Waals surface area contributed by atoms with Crippen molar-refractivity contribution < 1.29 is 4.39 Å². The van der Waals surface area contributed by atoms with E-state index in [1.165, 1.54) is 6.07 Å². The first kappa shape index (κ1) is 10.4. The lowest BCUT2D eigenvalue weighted by Crippen LogP contribution is -2.11. The lowest BCUT2D eigenvalue weighted by Gasteiger charge is -2.10. The average Bonchev–Trinajstić information content (AvgIpc) is 2.10. The molecule has 68 valence electrons. The van der Waals surface area contributed by atoms with Crippen LogP contribution in [0.5, 0.6) is 0 Å². The first-order valence-corrected chi connectivity index (χ1v) is 4.81. The van der Waals surface area contributed by atoms with Gasteiger partial charge in [-0.1, -0.05) is 12.1 Å². The van der Waals surface area contributed by atoms with Crippen LogP contribution in [0.4, 0.5) is 4.39 Å². The molecule has 0 heterocycles. The van der Waals surface area contributed by atoms with Crippen LogP contribution >= 0.6 is 22.6 Å². The molecule has 2 nitrogen and oxygen atoms in total. The average molecular weight is 290 g/mol. The highest BCUT2D eigenvalue weighted by atomic mass is 127. The molecule has 1 aromatic rings. The van der Waals surface area contributed by atoms with Crippen LogP contribution in [0.3, 0.4) is 0 Å². The number of nitrogens with two attached hydrogens (primary N) is 1. The van der Waals surface area contributed by atoms with Gasteiger partial charge in [0.1, 0.15) is 5.82 Å². The molecule has 0 aliphatic carbocycles. The number of nitrogens with zero attached hydrogens (tertiary/aromatic N) is 1. The predicted molar refractivity (Wildman–Crippen MR) is 56.3 cm³/mol. The molecule has 0 saturated heterocycles. The summed E-state index contributed by atoms with van der Waals surface area (Å²) in [4.78, 5) is 0. The maximum Gasteiger partial charge on any atom is 0.136 e. The Balaban J connectivity index is 3.02. The molecular formula is C9H8FIN2. The number of hydrogen-bond acceptors (Lipinski definition) is 2. The van der Waals surface area contributed by atoms with Gasteiger partial charge in [-0.05, 0) is 34.2 Å². The van der Waals surface area contributed by atoms with Gasteiger partial charge in [-0.25, -0.2) is 4.39 Å². The number of hydrogen-bond donors (Lipinski definition) is 1. The maximum absolute atomic E-state index is 13.0. The fourth-order valence-corrected chi connectivity index (χ4v) is 1.77. The van der Waals surface area contributed by atoms with Crippen molar-refractivity contribution in [3.05, 3.63) is 33.1 Å². The third kappa shape index (κ3) is 2.39. The highest BCUT2D eigenvalue weighted by Crippen LogP contribution is 2.22. The first-order chi connectivity index (χ1) is 6.16. The van der Waals surface area contributed by atoms with E-state index in [-0.39, 0.29) is 12.2 Å². The Hall–Kier alpha value is -0.670. The van der Waals surface area contributed by atoms with Gasteiger partial charge in [0.15, 0.2) is 0 Å². The molecule has 1 atom stereocenters. The molecule has 1 unspecified atom stereocenters. The van der Waals surface area contributed by atoms with Crippen molar-refractivity contribution in [1.29, 1.82) is 5.26 Å². The van der Waals surface area contributed by atoms with E-state index in [1.807, 2.05) is 28.7 Å². The van der Waals surface area contributed by atoms with Gasteiger partial charge in [0, 0.05) is 6.04 Å². The van der Waals surface area contributed by atoms with Gasteiger partial charge in [0.2, 0.25) is 0 Å². The SMILES string of the molecule is N#CCC(N)c1cccc(F)c1I. The van der Waals surface area contributed by atoms with Crippen molar-refractivity contribution in [2.75, 3.05) is 0 Å². The van der Waals surface area contributed by atoms with Crippen molar-refractivity contribution >= 4 is 22.6 Å². The van der Waals surface area contributed by atoms with E-state index in [0.29, 0.717) is 9.13 Å². The maximum atomic E-state index is 13.0. The summed E-state index contributed by atoms with van der Waals surface area (Å²) in [5.74, 6) is -0.286. The monoisotopic (exact) mass is 290 g/mol. The Morgan fingerprint density at radius 1 is 1.62 bits per heavy atom. The second-order valence-corrected chi connectivity index (χ2v) is 3.69. The van der Waals surface area contributed by atoms with E-state index in [1.54, 1.807) is 12.1 Å². The first-order valence-electron chi connectivity index (χ1n) is 3.73. The Morgan fingerprint density at radius 2 is 2.31 bits per heavy atom. The van der Waals surface area contributed by atoms with Gasteiger partial charge in [-0.15, -0.1) is 0 Å². The Morgan fingerprint density at radius 3 is 2.92 bits per heavy atom. The van der Waals surface area contributed by atoms with E-state index in [0.717, 1.165) is 0 Å². The largest absolute Gasteiger partial charge is 0.323 e. The van der Waals surface area contributed by atoms with Gasteiger partial charge < -0.3 is 5.73 Å². The zero-order valence-electron chi connectivity index (χ0n) is 6.80. The van der Waals surface area contributed by atoms with E-state index >= 15 is 0 Å². The summed E-state index contributed by atoms with van der Waals surface area (Å²) in [7, 11) is 0. The molecule has 13 heavy (non-hydrogen) atoms. The van der Waals surface area contributed by atoms with Crippen LogP contribution in [0.15, 0.2) is 18.2 Å². The summed E-state index contributed by atoms with van der Waals surface area (Å²) in [6, 6.07) is 6.29. The number of nitriles is 1. The summed E-state index contributed by atoms with van der Waals surface area (Å²) in [6.45, 7) is 0. The smallest absolute Gasteiger partial charge is 0.136 e. The minimum atomic E-state index is -0.396. The second-order valence-electron chi connectivity index (χ2n) is 2.61. The molecule has 1 aromatic carbocycles. The normalized spacial score (nSPS) is 12.2. The Kier molecular flexibility index (Phi) is 3.63. The molecule has 1 rings (SSSR count). The van der Waals surface area contributed by atoms with Crippen molar-refractivity contribution in [3.8, 4) is 6.07 Å². The van der Waals surface area contributed by atoms with E-state index < -0.39 is 6.04 Å². The molecule has 0 aliphatic rings. The predicted octanol–water partition coefficient (Wildman–Crippen LogP) is 2.34. The number of halogens is 2.